The Hall–Kier alpha value is -0.190. The Bertz CT molecular complexity index is 452. The lowest BCUT2D eigenvalue weighted by Gasteiger charge is -2.18. The lowest BCUT2D eigenvalue weighted by Crippen LogP contribution is -2.25. The maximum atomic E-state index is 11.7. The molecule has 0 saturated carbocycles. The number of amides is 1. The maximum absolute atomic E-state index is 11.7. The fraction of sp³-hybridized carbons (Fsp3) is 0.364. The first-order valence-electron chi connectivity index (χ1n) is 4.93. The minimum atomic E-state index is 0.0978. The first-order valence-corrected chi connectivity index (χ1v) is 6.62. The van der Waals surface area contributed by atoms with Gasteiger partial charge in [-0.2, -0.15) is 12.6 Å². The van der Waals surface area contributed by atoms with Gasteiger partial charge >= 0.3 is 0 Å². The molecule has 1 fully saturated rings. The van der Waals surface area contributed by atoms with Crippen LogP contribution in [0.15, 0.2) is 16.6 Å². The molecule has 1 heterocycles. The van der Waals surface area contributed by atoms with E-state index in [1.54, 1.807) is 4.90 Å². The predicted octanol–water partition coefficient (Wildman–Crippen LogP) is 3.45. The number of thiol groups is 1. The molecule has 1 unspecified atom stereocenters. The summed E-state index contributed by atoms with van der Waals surface area (Å²) in [6, 6.07) is 3.75. The monoisotopic (exact) mass is 319 g/mol. The molecule has 0 radical (unpaired) electrons. The Morgan fingerprint density at radius 3 is 2.81 bits per heavy atom. The lowest BCUT2D eigenvalue weighted by atomic mass is 10.2. The molecule has 1 aromatic carbocycles. The summed E-state index contributed by atoms with van der Waals surface area (Å²) in [4.78, 5) is 13.5. The van der Waals surface area contributed by atoms with Gasteiger partial charge in [-0.25, -0.2) is 0 Å². The highest BCUT2D eigenvalue weighted by atomic mass is 79.9. The molecule has 1 saturated heterocycles. The summed E-state index contributed by atoms with van der Waals surface area (Å²) < 4.78 is 0.894. The third-order valence-electron chi connectivity index (χ3n) is 2.62. The highest BCUT2D eigenvalue weighted by molar-refractivity contribution is 9.10. The second kappa shape index (κ2) is 4.59. The Morgan fingerprint density at radius 1 is 1.56 bits per heavy atom. The molecule has 1 amide bonds. The Labute approximate surface area is 113 Å². The van der Waals surface area contributed by atoms with Gasteiger partial charge in [0.2, 0.25) is 5.91 Å². The molecule has 0 spiro atoms. The minimum Gasteiger partial charge on any atom is -0.310 e. The van der Waals surface area contributed by atoms with Crippen LogP contribution in [-0.4, -0.2) is 17.7 Å². The van der Waals surface area contributed by atoms with Gasteiger partial charge in [0, 0.05) is 27.7 Å². The van der Waals surface area contributed by atoms with Gasteiger partial charge in [0.1, 0.15) is 0 Å². The number of carbonyl (C=O) groups excluding carboxylic acids is 1. The van der Waals surface area contributed by atoms with Crippen molar-refractivity contribution in [1.82, 2.24) is 0 Å². The second-order valence-electron chi connectivity index (χ2n) is 3.92. The molecule has 5 heteroatoms. The van der Waals surface area contributed by atoms with Gasteiger partial charge < -0.3 is 4.90 Å². The van der Waals surface area contributed by atoms with Crippen LogP contribution in [-0.2, 0) is 4.79 Å². The fourth-order valence-electron chi connectivity index (χ4n) is 1.76. The van der Waals surface area contributed by atoms with Crippen LogP contribution in [0.1, 0.15) is 12.0 Å². The van der Waals surface area contributed by atoms with Crippen LogP contribution in [0.4, 0.5) is 5.69 Å². The first kappa shape index (κ1) is 12.3. The number of rotatable bonds is 1. The van der Waals surface area contributed by atoms with Crippen molar-refractivity contribution in [2.45, 2.75) is 18.6 Å². The highest BCUT2D eigenvalue weighted by Crippen LogP contribution is 2.34. The van der Waals surface area contributed by atoms with E-state index in [0.717, 1.165) is 15.7 Å². The maximum Gasteiger partial charge on any atom is 0.228 e. The number of nitrogens with zero attached hydrogens (tertiary/aromatic N) is 1. The number of hydrogen-bond donors (Lipinski definition) is 1. The van der Waals surface area contributed by atoms with Crippen molar-refractivity contribution in [3.05, 3.63) is 27.2 Å². The van der Waals surface area contributed by atoms with Crippen LogP contribution < -0.4 is 4.90 Å². The van der Waals surface area contributed by atoms with E-state index < -0.39 is 0 Å². The fourth-order valence-corrected chi connectivity index (χ4v) is 2.91. The van der Waals surface area contributed by atoms with Gasteiger partial charge in [-0.05, 0) is 40.5 Å². The third-order valence-corrected chi connectivity index (χ3v) is 4.01. The van der Waals surface area contributed by atoms with Crippen LogP contribution in [0, 0.1) is 6.92 Å². The molecule has 0 aromatic heterocycles. The van der Waals surface area contributed by atoms with Crippen molar-refractivity contribution in [1.29, 1.82) is 0 Å². The summed E-state index contributed by atoms with van der Waals surface area (Å²) in [6.45, 7) is 2.57. The molecule has 0 aliphatic carbocycles. The number of hydrogen-bond acceptors (Lipinski definition) is 2. The van der Waals surface area contributed by atoms with Gasteiger partial charge in [-0.3, -0.25) is 4.79 Å². The number of benzene rings is 1. The highest BCUT2D eigenvalue weighted by Gasteiger charge is 2.29. The molecular weight excluding hydrogens is 310 g/mol. The van der Waals surface area contributed by atoms with Crippen molar-refractivity contribution in [3.8, 4) is 0 Å². The molecule has 2 rings (SSSR count). The molecule has 86 valence electrons. The average Bonchev–Trinajstić information content (AvgIpc) is 2.51. The van der Waals surface area contributed by atoms with Gasteiger partial charge in [-0.1, -0.05) is 11.6 Å². The lowest BCUT2D eigenvalue weighted by molar-refractivity contribution is -0.117. The van der Waals surface area contributed by atoms with Crippen molar-refractivity contribution >= 4 is 51.8 Å². The molecule has 0 N–H and O–H groups in total. The van der Waals surface area contributed by atoms with E-state index in [0.29, 0.717) is 18.0 Å². The number of carbonyl (C=O) groups is 1. The predicted molar refractivity (Wildman–Crippen MR) is 73.6 cm³/mol. The van der Waals surface area contributed by atoms with Gasteiger partial charge in [0.25, 0.3) is 0 Å². The molecule has 0 bridgehead atoms. The molecule has 1 atom stereocenters. The Morgan fingerprint density at radius 2 is 2.25 bits per heavy atom. The summed E-state index contributed by atoms with van der Waals surface area (Å²) in [7, 11) is 0. The van der Waals surface area contributed by atoms with Crippen LogP contribution >= 0.6 is 40.2 Å². The van der Waals surface area contributed by atoms with E-state index in [-0.39, 0.29) is 11.2 Å². The Kier molecular flexibility index (Phi) is 3.52. The molecular formula is C11H11BrClNOS. The quantitative estimate of drug-likeness (QED) is 0.786. The standard InChI is InChI=1S/C11H11BrClNOS/c1-6-2-8(12)10(4-9(6)13)14-5-7(16)3-11(14)15/h2,4,7,16H,3,5H2,1H3. The number of anilines is 1. The largest absolute Gasteiger partial charge is 0.310 e. The van der Waals surface area contributed by atoms with E-state index in [1.165, 1.54) is 0 Å². The Balaban J connectivity index is 2.41. The van der Waals surface area contributed by atoms with Crippen LogP contribution in [0.25, 0.3) is 0 Å². The minimum absolute atomic E-state index is 0.0978. The molecule has 16 heavy (non-hydrogen) atoms. The average molecular weight is 321 g/mol. The molecule has 1 aromatic rings. The van der Waals surface area contributed by atoms with Crippen LogP contribution in [0.5, 0.6) is 0 Å². The van der Waals surface area contributed by atoms with Gasteiger partial charge in [0.15, 0.2) is 0 Å². The van der Waals surface area contributed by atoms with Crippen LogP contribution in [0.3, 0.4) is 0 Å². The zero-order valence-electron chi connectivity index (χ0n) is 8.70. The summed E-state index contributed by atoms with van der Waals surface area (Å²) in [6.07, 6.45) is 0.487. The van der Waals surface area contributed by atoms with Gasteiger partial charge in [0.05, 0.1) is 5.69 Å². The number of aryl methyl sites for hydroxylation is 1. The topological polar surface area (TPSA) is 20.3 Å². The van der Waals surface area contributed by atoms with Crippen molar-refractivity contribution in [3.63, 3.8) is 0 Å². The zero-order valence-corrected chi connectivity index (χ0v) is 11.9. The van der Waals surface area contributed by atoms with E-state index >= 15 is 0 Å². The second-order valence-corrected chi connectivity index (χ2v) is 5.91. The summed E-state index contributed by atoms with van der Waals surface area (Å²) in [5.41, 5.74) is 1.82. The van der Waals surface area contributed by atoms with E-state index in [2.05, 4.69) is 28.6 Å². The van der Waals surface area contributed by atoms with E-state index in [9.17, 15) is 4.79 Å². The molecule has 1 aliphatic heterocycles. The molecule has 2 nitrogen and oxygen atoms in total. The zero-order chi connectivity index (χ0) is 11.9. The number of halogens is 2. The van der Waals surface area contributed by atoms with Crippen molar-refractivity contribution in [2.75, 3.05) is 11.4 Å². The molecule has 1 aliphatic rings. The van der Waals surface area contributed by atoms with Crippen molar-refractivity contribution in [2.24, 2.45) is 0 Å². The van der Waals surface area contributed by atoms with Crippen molar-refractivity contribution < 1.29 is 4.79 Å². The summed E-state index contributed by atoms with van der Waals surface area (Å²) in [5, 5.41) is 0.785. The van der Waals surface area contributed by atoms with Crippen LogP contribution in [0.2, 0.25) is 5.02 Å². The van der Waals surface area contributed by atoms with E-state index in [1.807, 2.05) is 19.1 Å². The van der Waals surface area contributed by atoms with E-state index in [4.69, 9.17) is 11.6 Å². The normalized spacial score (nSPS) is 20.6. The van der Waals surface area contributed by atoms with Gasteiger partial charge in [-0.15, -0.1) is 0 Å². The summed E-state index contributed by atoms with van der Waals surface area (Å²) >= 11 is 13.9. The smallest absolute Gasteiger partial charge is 0.228 e. The third kappa shape index (κ3) is 2.24. The summed E-state index contributed by atoms with van der Waals surface area (Å²) in [5.74, 6) is 0.0978. The first-order chi connectivity index (χ1) is 7.49. The SMILES string of the molecule is Cc1cc(Br)c(N2CC(S)CC2=O)cc1Cl.